The summed E-state index contributed by atoms with van der Waals surface area (Å²) < 4.78 is 14.2. The van der Waals surface area contributed by atoms with Gasteiger partial charge in [-0.1, -0.05) is 0 Å². The zero-order valence-corrected chi connectivity index (χ0v) is 14.6. The fourth-order valence-electron chi connectivity index (χ4n) is 3.36. The van der Waals surface area contributed by atoms with Crippen LogP contribution in [0.15, 0.2) is 43.0 Å². The summed E-state index contributed by atoms with van der Waals surface area (Å²) in [4.78, 5) is 14.9. The van der Waals surface area contributed by atoms with Gasteiger partial charge in [-0.05, 0) is 30.7 Å². The fourth-order valence-corrected chi connectivity index (χ4v) is 3.36. The number of pyridine rings is 1. The van der Waals surface area contributed by atoms with Gasteiger partial charge in [0.2, 0.25) is 0 Å². The van der Waals surface area contributed by atoms with Gasteiger partial charge in [0.05, 0.1) is 23.1 Å². The molecule has 0 radical (unpaired) electrons. The van der Waals surface area contributed by atoms with Crippen LogP contribution in [0.1, 0.15) is 12.5 Å². The number of benzene rings is 1. The number of anilines is 2. The van der Waals surface area contributed by atoms with Crippen LogP contribution in [0.2, 0.25) is 0 Å². The molecule has 2 N–H and O–H groups in total. The highest BCUT2D eigenvalue weighted by Gasteiger charge is 2.20. The normalized spacial score (nSPS) is 17.5. The summed E-state index contributed by atoms with van der Waals surface area (Å²) in [5, 5.41) is 6.80. The average Bonchev–Trinajstić information content (AvgIpc) is 2.67. The number of piperazine rings is 1. The topological polar surface area (TPSA) is 66.0 Å². The maximum absolute atomic E-state index is 14.2. The molecule has 26 heavy (non-hydrogen) atoms. The lowest BCUT2D eigenvalue weighted by Gasteiger charge is -2.37. The van der Waals surface area contributed by atoms with Gasteiger partial charge in [-0.3, -0.25) is 9.97 Å². The van der Waals surface area contributed by atoms with Gasteiger partial charge in [0.15, 0.2) is 5.82 Å². The number of hydrogen-bond donors (Lipinski definition) is 2. The number of hydrogen-bond acceptors (Lipinski definition) is 6. The van der Waals surface area contributed by atoms with E-state index in [0.717, 1.165) is 36.6 Å². The van der Waals surface area contributed by atoms with Gasteiger partial charge in [0.25, 0.3) is 0 Å². The average molecular weight is 352 g/mol. The summed E-state index contributed by atoms with van der Waals surface area (Å²) in [5.74, 6) is -0.352. The molecule has 1 aromatic carbocycles. The molecular weight excluding hydrogens is 331 g/mol. The molecule has 134 valence electrons. The minimum absolute atomic E-state index is 0.299. The highest BCUT2D eigenvalue weighted by atomic mass is 19.1. The largest absolute Gasteiger partial charge is 0.378 e. The Balaban J connectivity index is 1.57. The van der Waals surface area contributed by atoms with Crippen molar-refractivity contribution in [2.24, 2.45) is 0 Å². The van der Waals surface area contributed by atoms with Gasteiger partial charge in [-0.2, -0.15) is 0 Å². The predicted octanol–water partition coefficient (Wildman–Crippen LogP) is 2.57. The second-order valence-electron chi connectivity index (χ2n) is 6.49. The van der Waals surface area contributed by atoms with Crippen LogP contribution in [0, 0.1) is 5.82 Å². The van der Waals surface area contributed by atoms with Crippen LogP contribution in [0.5, 0.6) is 0 Å². The first-order valence-corrected chi connectivity index (χ1v) is 8.77. The quantitative estimate of drug-likeness (QED) is 0.752. The standard InChI is InChI=1S/C19H21FN6/c1-13-10-22-6-7-26(13)18-2-3-21-12-17(18)25-11-14-8-15(20)19-16(9-14)23-4-5-24-19/h2-5,8-9,12-13,22,25H,6-7,10-11H2,1H3. The van der Waals surface area contributed by atoms with E-state index in [4.69, 9.17) is 0 Å². The lowest BCUT2D eigenvalue weighted by atomic mass is 10.1. The van der Waals surface area contributed by atoms with E-state index in [-0.39, 0.29) is 5.82 Å². The highest BCUT2D eigenvalue weighted by Crippen LogP contribution is 2.27. The molecule has 1 saturated heterocycles. The molecule has 3 aromatic rings. The van der Waals surface area contributed by atoms with Crippen LogP contribution < -0.4 is 15.5 Å². The molecule has 0 saturated carbocycles. The molecule has 3 heterocycles. The van der Waals surface area contributed by atoms with Crippen LogP contribution in [0.4, 0.5) is 15.8 Å². The Bertz CT molecular complexity index is 915. The molecular formula is C19H21FN6. The number of fused-ring (bicyclic) bond motifs is 1. The SMILES string of the molecule is CC1CNCCN1c1ccncc1NCc1cc(F)c2nccnc2c1. The molecule has 6 nitrogen and oxygen atoms in total. The van der Waals surface area contributed by atoms with Gasteiger partial charge in [-0.25, -0.2) is 9.37 Å². The van der Waals surface area contributed by atoms with Crippen molar-refractivity contribution in [1.29, 1.82) is 0 Å². The van der Waals surface area contributed by atoms with Crippen molar-refractivity contribution in [2.75, 3.05) is 29.9 Å². The van der Waals surface area contributed by atoms with Crippen LogP contribution in [-0.2, 0) is 6.54 Å². The number of halogens is 1. The monoisotopic (exact) mass is 352 g/mol. The zero-order chi connectivity index (χ0) is 17.9. The first kappa shape index (κ1) is 16.7. The predicted molar refractivity (Wildman–Crippen MR) is 101 cm³/mol. The van der Waals surface area contributed by atoms with Crippen LogP contribution in [0.3, 0.4) is 0 Å². The first-order valence-electron chi connectivity index (χ1n) is 8.77. The molecule has 1 fully saturated rings. The molecule has 1 unspecified atom stereocenters. The van der Waals surface area contributed by atoms with Gasteiger partial charge >= 0.3 is 0 Å². The third-order valence-electron chi connectivity index (χ3n) is 4.68. The molecule has 7 heteroatoms. The van der Waals surface area contributed by atoms with Crippen molar-refractivity contribution >= 4 is 22.4 Å². The Kier molecular flexibility index (Phi) is 4.62. The van der Waals surface area contributed by atoms with Gasteiger partial charge in [-0.15, -0.1) is 0 Å². The Morgan fingerprint density at radius 1 is 1.27 bits per heavy atom. The number of nitrogens with zero attached hydrogens (tertiary/aromatic N) is 4. The molecule has 1 aliphatic rings. The summed E-state index contributed by atoms with van der Waals surface area (Å²) in [7, 11) is 0. The van der Waals surface area contributed by atoms with Crippen molar-refractivity contribution in [3.05, 3.63) is 54.4 Å². The van der Waals surface area contributed by atoms with E-state index in [9.17, 15) is 4.39 Å². The van der Waals surface area contributed by atoms with E-state index in [1.165, 1.54) is 12.3 Å². The third kappa shape index (κ3) is 3.30. The summed E-state index contributed by atoms with van der Waals surface area (Å²) in [5.41, 5.74) is 3.74. The van der Waals surface area contributed by atoms with Crippen molar-refractivity contribution in [1.82, 2.24) is 20.3 Å². The number of nitrogens with one attached hydrogen (secondary N) is 2. The minimum Gasteiger partial charge on any atom is -0.378 e. The van der Waals surface area contributed by atoms with E-state index >= 15 is 0 Å². The van der Waals surface area contributed by atoms with Crippen molar-refractivity contribution in [3.63, 3.8) is 0 Å². The second kappa shape index (κ2) is 7.21. The van der Waals surface area contributed by atoms with Crippen molar-refractivity contribution in [3.8, 4) is 0 Å². The second-order valence-corrected chi connectivity index (χ2v) is 6.49. The summed E-state index contributed by atoms with van der Waals surface area (Å²) in [6.45, 7) is 5.55. The lowest BCUT2D eigenvalue weighted by Crippen LogP contribution is -2.50. The van der Waals surface area contributed by atoms with Crippen LogP contribution in [0.25, 0.3) is 11.0 Å². The fraction of sp³-hybridized carbons (Fsp3) is 0.316. The molecule has 1 atom stereocenters. The van der Waals surface area contributed by atoms with Crippen molar-refractivity contribution < 1.29 is 4.39 Å². The van der Waals surface area contributed by atoms with E-state index in [1.54, 1.807) is 12.4 Å². The molecule has 4 rings (SSSR count). The van der Waals surface area contributed by atoms with E-state index in [2.05, 4.69) is 37.4 Å². The number of aromatic nitrogens is 3. The summed E-state index contributed by atoms with van der Waals surface area (Å²) in [6.07, 6.45) is 6.70. The minimum atomic E-state index is -0.352. The van der Waals surface area contributed by atoms with Crippen LogP contribution >= 0.6 is 0 Å². The Labute approximate surface area is 151 Å². The van der Waals surface area contributed by atoms with E-state index in [1.807, 2.05) is 18.3 Å². The molecule has 0 bridgehead atoms. The van der Waals surface area contributed by atoms with E-state index < -0.39 is 0 Å². The Hall–Kier alpha value is -2.80. The lowest BCUT2D eigenvalue weighted by molar-refractivity contribution is 0.501. The maximum Gasteiger partial charge on any atom is 0.151 e. The van der Waals surface area contributed by atoms with Crippen LogP contribution in [-0.4, -0.2) is 40.6 Å². The highest BCUT2D eigenvalue weighted by molar-refractivity contribution is 5.75. The van der Waals surface area contributed by atoms with Crippen molar-refractivity contribution in [2.45, 2.75) is 19.5 Å². The van der Waals surface area contributed by atoms with Gasteiger partial charge < -0.3 is 15.5 Å². The van der Waals surface area contributed by atoms with E-state index in [0.29, 0.717) is 23.6 Å². The first-order chi connectivity index (χ1) is 12.7. The molecule has 2 aromatic heterocycles. The van der Waals surface area contributed by atoms with Gasteiger partial charge in [0.1, 0.15) is 5.52 Å². The smallest absolute Gasteiger partial charge is 0.151 e. The Morgan fingerprint density at radius 3 is 3.04 bits per heavy atom. The maximum atomic E-state index is 14.2. The summed E-state index contributed by atoms with van der Waals surface area (Å²) >= 11 is 0. The van der Waals surface area contributed by atoms with Gasteiger partial charge in [0, 0.05) is 50.8 Å². The number of rotatable bonds is 4. The molecule has 1 aliphatic heterocycles. The zero-order valence-electron chi connectivity index (χ0n) is 14.6. The Morgan fingerprint density at radius 2 is 2.15 bits per heavy atom. The molecule has 0 amide bonds. The molecule has 0 spiro atoms. The molecule has 0 aliphatic carbocycles. The summed E-state index contributed by atoms with van der Waals surface area (Å²) in [6, 6.07) is 5.80. The third-order valence-corrected chi connectivity index (χ3v) is 4.68.